The second-order valence-corrected chi connectivity index (χ2v) is 5.93. The van der Waals surface area contributed by atoms with E-state index >= 15 is 0 Å². The Morgan fingerprint density at radius 3 is 1.20 bits per heavy atom. The van der Waals surface area contributed by atoms with Crippen molar-refractivity contribution in [1.82, 2.24) is 0 Å². The van der Waals surface area contributed by atoms with Crippen LogP contribution in [0.15, 0.2) is 0 Å². The van der Waals surface area contributed by atoms with Gasteiger partial charge in [-0.25, -0.2) is 4.57 Å². The Hall–Kier alpha value is 0.708. The van der Waals surface area contributed by atoms with Crippen LogP contribution in [-0.2, 0) is 30.9 Å². The van der Waals surface area contributed by atoms with Gasteiger partial charge >= 0.3 is 47.2 Å². The molecule has 0 saturated heterocycles. The van der Waals surface area contributed by atoms with E-state index in [4.69, 9.17) is 23.8 Å². The van der Waals surface area contributed by atoms with Crippen LogP contribution in [0.2, 0.25) is 0 Å². The van der Waals surface area contributed by atoms with E-state index in [2.05, 4.69) is 0 Å². The molecule has 0 rings (SSSR count). The van der Waals surface area contributed by atoms with Crippen molar-refractivity contribution >= 4 is 15.6 Å². The number of hydrogen-bond donors (Lipinski definition) is 4. The first-order valence-electron chi connectivity index (χ1n) is 1.47. The van der Waals surface area contributed by atoms with Crippen molar-refractivity contribution in [2.75, 3.05) is 0 Å². The summed E-state index contributed by atoms with van der Waals surface area (Å²) >= 11 is 0.652. The fraction of sp³-hybridized carbons (Fsp3) is 0. The zero-order valence-electron chi connectivity index (χ0n) is 4.28. The maximum atomic E-state index is 9.19. The summed E-state index contributed by atoms with van der Waals surface area (Å²) in [5, 5.41) is 0. The first-order chi connectivity index (χ1) is 4.00. The zero-order chi connectivity index (χ0) is 9.00. The van der Waals surface area contributed by atoms with E-state index < -0.39 is 15.6 Å². The predicted molar refractivity (Wildman–Crippen MR) is 25.8 cm³/mol. The van der Waals surface area contributed by atoms with Gasteiger partial charge in [-0.15, -0.1) is 0 Å². The summed E-state index contributed by atoms with van der Waals surface area (Å²) in [6.45, 7) is 0. The molecule has 0 heterocycles. The second-order valence-electron chi connectivity index (χ2n) is 0.941. The summed E-state index contributed by atoms with van der Waals surface area (Å²) in [6.07, 6.45) is 0. The van der Waals surface area contributed by atoms with E-state index in [-0.39, 0.29) is 0 Å². The van der Waals surface area contributed by atoms with Crippen molar-refractivity contribution in [2.45, 2.75) is 0 Å². The molecule has 7 nitrogen and oxygen atoms in total. The molecule has 0 spiro atoms. The van der Waals surface area contributed by atoms with Crippen LogP contribution < -0.4 is 0 Å². The van der Waals surface area contributed by atoms with E-state index in [0.29, 0.717) is 18.5 Å². The average molecular weight is 275 g/mol. The average Bonchev–Trinajstić information content (AvgIpc) is 1.12. The summed E-state index contributed by atoms with van der Waals surface area (Å²) in [4.78, 5) is 21.6. The first kappa shape index (κ1) is 13.3. The molecule has 4 N–H and O–H groups in total. The third kappa shape index (κ3) is 1030. The Labute approximate surface area is 66.7 Å². The van der Waals surface area contributed by atoms with Gasteiger partial charge in [-0.3, -0.25) is 0 Å². The van der Waals surface area contributed by atoms with Crippen LogP contribution in [0.4, 0.5) is 0 Å². The van der Waals surface area contributed by atoms with Crippen molar-refractivity contribution in [3.63, 3.8) is 0 Å². The Balaban J connectivity index is 0. The minimum absolute atomic E-state index is 0.652. The SMILES string of the molecule is O=P(O)(O)O.O=[S](=O)(O)[Mo]. The summed E-state index contributed by atoms with van der Waals surface area (Å²) in [5.74, 6) is 0. The van der Waals surface area contributed by atoms with Gasteiger partial charge in [0.25, 0.3) is 0 Å². The van der Waals surface area contributed by atoms with Gasteiger partial charge < -0.3 is 14.7 Å². The van der Waals surface area contributed by atoms with E-state index in [1.165, 1.54) is 0 Å². The van der Waals surface area contributed by atoms with Crippen molar-refractivity contribution in [2.24, 2.45) is 0 Å². The zero-order valence-corrected chi connectivity index (χ0v) is 8.00. The summed E-state index contributed by atoms with van der Waals surface area (Å²) in [5.41, 5.74) is 0. The van der Waals surface area contributed by atoms with E-state index in [0.717, 1.165) is 0 Å². The molecule has 0 amide bonds. The number of phosphoric acid groups is 1. The molecule has 0 bridgehead atoms. The maximum absolute atomic E-state index is 9.19. The second kappa shape index (κ2) is 4.56. The Bertz CT molecular complexity index is 191. The summed E-state index contributed by atoms with van der Waals surface area (Å²) in [6, 6.07) is 0. The normalized spacial score (nSPS) is 11.6. The van der Waals surface area contributed by atoms with Crippen molar-refractivity contribution in [3.8, 4) is 0 Å². The van der Waals surface area contributed by atoms with Crippen LogP contribution in [0.1, 0.15) is 0 Å². The molecular weight excluding hydrogens is 271 g/mol. The molecule has 0 aromatic heterocycles. The fourth-order valence-electron chi connectivity index (χ4n) is 0. The van der Waals surface area contributed by atoms with Gasteiger partial charge in [0, 0.05) is 0 Å². The summed E-state index contributed by atoms with van der Waals surface area (Å²) in [7, 11) is -8.30. The van der Waals surface area contributed by atoms with Crippen LogP contribution in [0.25, 0.3) is 0 Å². The van der Waals surface area contributed by atoms with Crippen LogP contribution in [0.3, 0.4) is 0 Å². The molecule has 0 aromatic carbocycles. The van der Waals surface area contributed by atoms with Crippen molar-refractivity contribution in [3.05, 3.63) is 0 Å². The number of hydrogen-bond acceptors (Lipinski definition) is 3. The molecule has 0 fully saturated rings. The Morgan fingerprint density at radius 2 is 1.20 bits per heavy atom. The van der Waals surface area contributed by atoms with E-state index in [1.807, 2.05) is 0 Å². The molecule has 63 valence electrons. The molecule has 0 aliphatic carbocycles. The number of rotatable bonds is 0. The monoisotopic (exact) mass is 277 g/mol. The van der Waals surface area contributed by atoms with Crippen molar-refractivity contribution < 1.29 is 50.8 Å². The van der Waals surface area contributed by atoms with Gasteiger partial charge in [-0.05, 0) is 0 Å². The quantitative estimate of drug-likeness (QED) is 0.238. The predicted octanol–water partition coefficient (Wildman–Crippen LogP) is -1.59. The minimum atomic E-state index is -4.64. The topological polar surface area (TPSA) is 132 Å². The molecule has 0 aromatic rings. The van der Waals surface area contributed by atoms with Gasteiger partial charge in [0.2, 0.25) is 0 Å². The molecule has 0 radical (unpaired) electrons. The van der Waals surface area contributed by atoms with Crippen LogP contribution >= 0.6 is 7.82 Å². The van der Waals surface area contributed by atoms with E-state index in [9.17, 15) is 8.42 Å². The standard InChI is InChI=1S/Mo.H3O4P.HO3S/c;1-5(2,3)4;1-4(2)3/h;(H3,1,2,3,4);(H,1,2,3). The Morgan fingerprint density at radius 1 is 1.20 bits per heavy atom. The third-order valence-electron chi connectivity index (χ3n) is 0. The molecule has 0 aliphatic rings. The molecule has 0 atom stereocenters. The van der Waals surface area contributed by atoms with Crippen molar-refractivity contribution in [1.29, 1.82) is 0 Å². The molecule has 10 heavy (non-hydrogen) atoms. The molecule has 0 unspecified atom stereocenters. The Kier molecular flexibility index (Phi) is 6.07. The van der Waals surface area contributed by atoms with Crippen LogP contribution in [-0.4, -0.2) is 27.7 Å². The molecular formula is H4MoO7PS. The summed E-state index contributed by atoms with van der Waals surface area (Å²) < 4.78 is 34.8. The van der Waals surface area contributed by atoms with E-state index in [1.54, 1.807) is 0 Å². The molecule has 10 heteroatoms. The fourth-order valence-corrected chi connectivity index (χ4v) is 0. The van der Waals surface area contributed by atoms with Gasteiger partial charge in [0.05, 0.1) is 0 Å². The van der Waals surface area contributed by atoms with Crippen LogP contribution in [0.5, 0.6) is 0 Å². The van der Waals surface area contributed by atoms with Gasteiger partial charge in [0.1, 0.15) is 0 Å². The van der Waals surface area contributed by atoms with Crippen LogP contribution in [0, 0.1) is 0 Å². The van der Waals surface area contributed by atoms with Gasteiger partial charge in [-0.1, -0.05) is 0 Å². The van der Waals surface area contributed by atoms with Gasteiger partial charge in [0.15, 0.2) is 0 Å². The molecule has 0 aliphatic heterocycles. The van der Waals surface area contributed by atoms with Gasteiger partial charge in [-0.2, -0.15) is 0 Å². The third-order valence-corrected chi connectivity index (χ3v) is 0. The first-order valence-corrected chi connectivity index (χ1v) is 6.85. The molecule has 0 saturated carbocycles.